The number of aliphatic hydroxyl groups excluding tert-OH is 1. The minimum absolute atomic E-state index is 0.154. The molecule has 3 atom stereocenters. The van der Waals surface area contributed by atoms with E-state index >= 15 is 0 Å². The molecule has 1 saturated heterocycles. The van der Waals surface area contributed by atoms with Crippen LogP contribution >= 0.6 is 11.3 Å². The van der Waals surface area contributed by atoms with Crippen molar-refractivity contribution in [2.45, 2.75) is 51.2 Å². The summed E-state index contributed by atoms with van der Waals surface area (Å²) in [6, 6.07) is 2.17. The first-order chi connectivity index (χ1) is 12.1. The van der Waals surface area contributed by atoms with Crippen LogP contribution in [0.25, 0.3) is 0 Å². The second-order valence-electron chi connectivity index (χ2n) is 6.74. The first kappa shape index (κ1) is 17.9. The summed E-state index contributed by atoms with van der Waals surface area (Å²) < 4.78 is 0. The zero-order valence-corrected chi connectivity index (χ0v) is 15.3. The molecule has 1 aromatic rings. The van der Waals surface area contributed by atoms with E-state index in [1.807, 2.05) is 0 Å². The quantitative estimate of drug-likeness (QED) is 0.790. The maximum absolute atomic E-state index is 12.6. The van der Waals surface area contributed by atoms with Crippen LogP contribution in [0.4, 0.5) is 9.93 Å². The predicted octanol–water partition coefficient (Wildman–Crippen LogP) is 3.25. The molecule has 1 aliphatic carbocycles. The fraction of sp³-hybridized carbons (Fsp3) is 0.611. The molecule has 2 aliphatic rings. The molecule has 0 radical (unpaired) electrons. The van der Waals surface area contributed by atoms with E-state index in [4.69, 9.17) is 0 Å². The van der Waals surface area contributed by atoms with Gasteiger partial charge in [0.1, 0.15) is 0 Å². The number of nitrogens with zero attached hydrogens (tertiary/aromatic N) is 4. The molecule has 3 rings (SSSR count). The lowest BCUT2D eigenvalue weighted by molar-refractivity contribution is 0.177. The zero-order chi connectivity index (χ0) is 18.0. The minimum atomic E-state index is -0.892. The molecule has 1 N–H and O–H groups in total. The van der Waals surface area contributed by atoms with Gasteiger partial charge in [0.25, 0.3) is 0 Å². The highest BCUT2D eigenvalue weighted by atomic mass is 32.1. The molecule has 0 aromatic carbocycles. The van der Waals surface area contributed by atoms with Gasteiger partial charge < -0.3 is 10.0 Å². The van der Waals surface area contributed by atoms with Crippen molar-refractivity contribution in [3.63, 3.8) is 0 Å². The molecule has 1 fully saturated rings. The lowest BCUT2D eigenvalue weighted by Crippen LogP contribution is -2.35. The van der Waals surface area contributed by atoms with Crippen molar-refractivity contribution in [3.8, 4) is 6.07 Å². The fourth-order valence-electron chi connectivity index (χ4n) is 3.69. The third-order valence-corrected chi connectivity index (χ3v) is 6.11. The maximum atomic E-state index is 12.6. The highest BCUT2D eigenvalue weighted by molar-refractivity contribution is 7.16. The van der Waals surface area contributed by atoms with Gasteiger partial charge in [-0.15, -0.1) is 6.58 Å². The first-order valence-corrected chi connectivity index (χ1v) is 9.67. The Labute approximate surface area is 152 Å². The van der Waals surface area contributed by atoms with E-state index in [-0.39, 0.29) is 18.5 Å². The number of aliphatic hydroxyl groups is 1. The number of amides is 2. The molecule has 3 unspecified atom stereocenters. The molecule has 134 valence electrons. The van der Waals surface area contributed by atoms with Crippen molar-refractivity contribution in [2.75, 3.05) is 18.0 Å². The number of fused-ring (bicyclic) bond motifs is 1. The van der Waals surface area contributed by atoms with Crippen LogP contribution in [0, 0.1) is 17.2 Å². The molecule has 7 heteroatoms. The van der Waals surface area contributed by atoms with Crippen LogP contribution < -0.4 is 4.90 Å². The minimum Gasteiger partial charge on any atom is -0.371 e. The van der Waals surface area contributed by atoms with Gasteiger partial charge in [-0.1, -0.05) is 37.2 Å². The van der Waals surface area contributed by atoms with Gasteiger partial charge in [0, 0.05) is 11.4 Å². The van der Waals surface area contributed by atoms with Crippen molar-refractivity contribution in [1.29, 1.82) is 5.26 Å². The summed E-state index contributed by atoms with van der Waals surface area (Å²) in [7, 11) is 0. The summed E-state index contributed by atoms with van der Waals surface area (Å²) in [5.74, 6) is 0.318. The van der Waals surface area contributed by atoms with E-state index in [0.717, 1.165) is 36.3 Å². The molecule has 2 amide bonds. The zero-order valence-electron chi connectivity index (χ0n) is 14.5. The number of nitriles is 1. The number of hydrogen-bond acceptors (Lipinski definition) is 5. The number of urea groups is 1. The Balaban J connectivity index is 1.84. The Morgan fingerprint density at radius 2 is 2.36 bits per heavy atom. The Morgan fingerprint density at radius 3 is 3.04 bits per heavy atom. The number of carbonyl (C=O) groups excluding carboxylic acids is 1. The van der Waals surface area contributed by atoms with Crippen LogP contribution in [0.3, 0.4) is 0 Å². The van der Waals surface area contributed by atoms with Gasteiger partial charge in [-0.05, 0) is 25.2 Å². The topological polar surface area (TPSA) is 80.5 Å². The molecule has 0 spiro atoms. The van der Waals surface area contributed by atoms with Gasteiger partial charge in [-0.2, -0.15) is 5.26 Å². The van der Waals surface area contributed by atoms with Crippen LogP contribution in [0.2, 0.25) is 0 Å². The van der Waals surface area contributed by atoms with Crippen LogP contribution in [-0.2, 0) is 6.42 Å². The van der Waals surface area contributed by atoms with E-state index < -0.39 is 6.23 Å². The van der Waals surface area contributed by atoms with Gasteiger partial charge in [0.2, 0.25) is 0 Å². The van der Waals surface area contributed by atoms with Gasteiger partial charge in [-0.25, -0.2) is 14.7 Å². The highest BCUT2D eigenvalue weighted by Gasteiger charge is 2.40. The first-order valence-electron chi connectivity index (χ1n) is 8.85. The maximum Gasteiger partial charge on any atom is 0.328 e. The lowest BCUT2D eigenvalue weighted by atomic mass is 9.82. The molecule has 25 heavy (non-hydrogen) atoms. The standard InChI is InChI=1S/C18H24N4O2S/c1-3-5-7-21-11-15(23)22(18(21)24)17-20-14-9-12(6-4-2)8-13(10-19)16(14)25-17/h3,12-13,15,23H,1,4-9,11H2,2H3. The van der Waals surface area contributed by atoms with Crippen LogP contribution in [0.1, 0.15) is 49.1 Å². The second kappa shape index (κ2) is 7.54. The predicted molar refractivity (Wildman–Crippen MR) is 97.5 cm³/mol. The average Bonchev–Trinajstić information content (AvgIpc) is 3.12. The monoisotopic (exact) mass is 360 g/mol. The summed E-state index contributed by atoms with van der Waals surface area (Å²) in [5, 5.41) is 20.4. The lowest BCUT2D eigenvalue weighted by Gasteiger charge is -2.23. The van der Waals surface area contributed by atoms with Crippen LogP contribution in [0.15, 0.2) is 12.7 Å². The smallest absolute Gasteiger partial charge is 0.328 e. The summed E-state index contributed by atoms with van der Waals surface area (Å²) in [5.41, 5.74) is 0.931. The van der Waals surface area contributed by atoms with E-state index in [2.05, 4.69) is 24.6 Å². The van der Waals surface area contributed by atoms with Crippen molar-refractivity contribution >= 4 is 22.5 Å². The largest absolute Gasteiger partial charge is 0.371 e. The highest BCUT2D eigenvalue weighted by Crippen LogP contribution is 2.42. The van der Waals surface area contributed by atoms with Gasteiger partial charge >= 0.3 is 6.03 Å². The van der Waals surface area contributed by atoms with Crippen molar-refractivity contribution in [2.24, 2.45) is 5.92 Å². The van der Waals surface area contributed by atoms with Crippen molar-refractivity contribution < 1.29 is 9.90 Å². The normalized spacial score (nSPS) is 25.8. The van der Waals surface area contributed by atoms with Gasteiger partial charge in [0.05, 0.1) is 24.2 Å². The number of thiazole rings is 1. The second-order valence-corrected chi connectivity index (χ2v) is 7.75. The number of hydrogen-bond donors (Lipinski definition) is 1. The Morgan fingerprint density at radius 1 is 1.56 bits per heavy atom. The summed E-state index contributed by atoms with van der Waals surface area (Å²) >= 11 is 1.38. The SMILES string of the molecule is C=CCCN1CC(O)N(c2nc3c(s2)C(C#N)CC(CCC)C3)C1=O. The Bertz CT molecular complexity index is 696. The molecule has 1 aromatic heterocycles. The third kappa shape index (κ3) is 3.42. The number of anilines is 1. The third-order valence-electron chi connectivity index (χ3n) is 4.90. The number of carbonyl (C=O) groups is 1. The van der Waals surface area contributed by atoms with E-state index in [1.165, 1.54) is 16.2 Å². The van der Waals surface area contributed by atoms with Crippen LogP contribution in [-0.4, -0.2) is 40.3 Å². The Hall–Kier alpha value is -1.91. The summed E-state index contributed by atoms with van der Waals surface area (Å²) in [6.07, 6.45) is 5.46. The van der Waals surface area contributed by atoms with E-state index in [9.17, 15) is 15.2 Å². The fourth-order valence-corrected chi connectivity index (χ4v) is 4.88. The number of rotatable bonds is 6. The van der Waals surface area contributed by atoms with Crippen molar-refractivity contribution in [3.05, 3.63) is 23.2 Å². The van der Waals surface area contributed by atoms with Gasteiger partial charge in [0.15, 0.2) is 11.4 Å². The van der Waals surface area contributed by atoms with Gasteiger partial charge in [-0.3, -0.25) is 0 Å². The van der Waals surface area contributed by atoms with E-state index in [0.29, 0.717) is 24.0 Å². The summed E-state index contributed by atoms with van der Waals surface area (Å²) in [4.78, 5) is 21.2. The molecule has 0 saturated carbocycles. The van der Waals surface area contributed by atoms with E-state index in [1.54, 1.807) is 11.0 Å². The molecular weight excluding hydrogens is 336 g/mol. The number of aromatic nitrogens is 1. The average molecular weight is 360 g/mol. The van der Waals surface area contributed by atoms with Crippen LogP contribution in [0.5, 0.6) is 0 Å². The number of β-amino-alcohol motifs (C(OH)–C–C–N with tert-alkyl or cyclic N) is 1. The molecular formula is C18H24N4O2S. The van der Waals surface area contributed by atoms with Crippen molar-refractivity contribution in [1.82, 2.24) is 9.88 Å². The summed E-state index contributed by atoms with van der Waals surface area (Å²) in [6.45, 7) is 6.64. The molecule has 0 bridgehead atoms. The molecule has 2 heterocycles. The molecule has 6 nitrogen and oxygen atoms in total. The molecule has 1 aliphatic heterocycles. The Kier molecular flexibility index (Phi) is 5.40.